The highest BCUT2D eigenvalue weighted by Crippen LogP contribution is 2.15. The minimum absolute atomic E-state index is 0.152. The van der Waals surface area contributed by atoms with Crippen molar-refractivity contribution in [1.29, 1.82) is 0 Å². The normalized spacial score (nSPS) is 10.4. The number of para-hydroxylation sites is 1. The van der Waals surface area contributed by atoms with Crippen molar-refractivity contribution in [2.24, 2.45) is 5.92 Å². The highest BCUT2D eigenvalue weighted by atomic mass is 16.6. The van der Waals surface area contributed by atoms with Gasteiger partial charge in [-0.2, -0.15) is 0 Å². The molecule has 132 valence electrons. The Morgan fingerprint density at radius 1 is 0.880 bits per heavy atom. The van der Waals surface area contributed by atoms with E-state index in [1.807, 2.05) is 44.2 Å². The summed E-state index contributed by atoms with van der Waals surface area (Å²) in [5, 5.41) is 0. The number of ether oxygens (including phenoxy) is 3. The molecule has 0 N–H and O–H groups in total. The summed E-state index contributed by atoms with van der Waals surface area (Å²) in [4.78, 5) is 23.6. The highest BCUT2D eigenvalue weighted by molar-refractivity contribution is 5.89. The van der Waals surface area contributed by atoms with Crippen LogP contribution in [0.5, 0.6) is 11.5 Å². The van der Waals surface area contributed by atoms with E-state index in [0.29, 0.717) is 17.7 Å². The van der Waals surface area contributed by atoms with E-state index in [0.717, 1.165) is 5.75 Å². The molecule has 0 aliphatic carbocycles. The monoisotopic (exact) mass is 342 g/mol. The molecular weight excluding hydrogens is 320 g/mol. The van der Waals surface area contributed by atoms with Crippen LogP contribution in [0.3, 0.4) is 0 Å². The van der Waals surface area contributed by atoms with E-state index in [1.54, 1.807) is 24.3 Å². The second-order valence-electron chi connectivity index (χ2n) is 5.89. The van der Waals surface area contributed by atoms with E-state index in [4.69, 9.17) is 14.2 Å². The Morgan fingerprint density at radius 3 is 2.20 bits per heavy atom. The fraction of sp³-hybridized carbons (Fsp3) is 0.300. The third-order valence-electron chi connectivity index (χ3n) is 3.23. The fourth-order valence-corrected chi connectivity index (χ4v) is 2.06. The van der Waals surface area contributed by atoms with Gasteiger partial charge < -0.3 is 14.2 Å². The van der Waals surface area contributed by atoms with Crippen LogP contribution in [0.2, 0.25) is 0 Å². The minimum Gasteiger partial charge on any atom is -0.490 e. The van der Waals surface area contributed by atoms with E-state index in [1.165, 1.54) is 0 Å². The Labute approximate surface area is 147 Å². The number of esters is 2. The van der Waals surface area contributed by atoms with Gasteiger partial charge in [0.15, 0.2) is 0 Å². The van der Waals surface area contributed by atoms with Gasteiger partial charge >= 0.3 is 11.9 Å². The van der Waals surface area contributed by atoms with Crippen molar-refractivity contribution in [2.75, 3.05) is 13.2 Å². The van der Waals surface area contributed by atoms with Gasteiger partial charge in [-0.1, -0.05) is 32.0 Å². The zero-order chi connectivity index (χ0) is 18.1. The summed E-state index contributed by atoms with van der Waals surface area (Å²) < 4.78 is 15.8. The Morgan fingerprint density at radius 2 is 1.56 bits per heavy atom. The first-order valence-electron chi connectivity index (χ1n) is 8.20. The number of carbonyl (C=O) groups excluding carboxylic acids is 2. The van der Waals surface area contributed by atoms with E-state index >= 15 is 0 Å². The second-order valence-corrected chi connectivity index (χ2v) is 5.89. The molecule has 0 aromatic heterocycles. The van der Waals surface area contributed by atoms with E-state index in [-0.39, 0.29) is 25.1 Å². The van der Waals surface area contributed by atoms with Crippen molar-refractivity contribution in [3.63, 3.8) is 0 Å². The predicted molar refractivity (Wildman–Crippen MR) is 93.8 cm³/mol. The number of rotatable bonds is 8. The van der Waals surface area contributed by atoms with Crippen LogP contribution < -0.4 is 9.47 Å². The van der Waals surface area contributed by atoms with Gasteiger partial charge in [-0.05, 0) is 42.3 Å². The largest absolute Gasteiger partial charge is 0.490 e. The van der Waals surface area contributed by atoms with Crippen molar-refractivity contribution >= 4 is 11.9 Å². The molecule has 0 saturated carbocycles. The summed E-state index contributed by atoms with van der Waals surface area (Å²) in [5.41, 5.74) is 0.392. The minimum atomic E-state index is -0.447. The molecule has 0 radical (unpaired) electrons. The zero-order valence-corrected chi connectivity index (χ0v) is 14.4. The van der Waals surface area contributed by atoms with Gasteiger partial charge in [-0.3, -0.25) is 4.79 Å². The first-order valence-corrected chi connectivity index (χ1v) is 8.20. The Hall–Kier alpha value is -2.82. The molecule has 0 amide bonds. The molecule has 0 unspecified atom stereocenters. The lowest BCUT2D eigenvalue weighted by molar-refractivity contribution is -0.135. The van der Waals surface area contributed by atoms with Crippen molar-refractivity contribution in [3.8, 4) is 11.5 Å². The number of hydrogen-bond acceptors (Lipinski definition) is 5. The molecule has 5 nitrogen and oxygen atoms in total. The van der Waals surface area contributed by atoms with Crippen molar-refractivity contribution in [3.05, 3.63) is 60.2 Å². The molecule has 5 heteroatoms. The molecular formula is C20H22O5. The van der Waals surface area contributed by atoms with Crippen LogP contribution in [0.1, 0.15) is 30.6 Å². The van der Waals surface area contributed by atoms with Crippen LogP contribution in [-0.2, 0) is 9.53 Å². The second kappa shape index (κ2) is 9.47. The van der Waals surface area contributed by atoms with Gasteiger partial charge in [0.25, 0.3) is 0 Å². The maximum atomic E-state index is 11.9. The topological polar surface area (TPSA) is 61.8 Å². The van der Waals surface area contributed by atoms with Gasteiger partial charge in [-0.15, -0.1) is 0 Å². The van der Waals surface area contributed by atoms with Gasteiger partial charge in [0.2, 0.25) is 0 Å². The number of benzene rings is 2. The lowest BCUT2D eigenvalue weighted by Gasteiger charge is -2.08. The van der Waals surface area contributed by atoms with Crippen LogP contribution >= 0.6 is 0 Å². The molecule has 0 saturated heterocycles. The molecule has 2 aromatic carbocycles. The molecule has 0 spiro atoms. The molecule has 0 aliphatic heterocycles. The van der Waals surface area contributed by atoms with Crippen LogP contribution in [-0.4, -0.2) is 25.2 Å². The van der Waals surface area contributed by atoms with Crippen molar-refractivity contribution in [2.45, 2.75) is 20.3 Å². The summed E-state index contributed by atoms with van der Waals surface area (Å²) in [6.45, 7) is 4.32. The maximum Gasteiger partial charge on any atom is 0.338 e. The van der Waals surface area contributed by atoms with Gasteiger partial charge in [0.05, 0.1) is 5.56 Å². The average Bonchev–Trinajstić information content (AvgIpc) is 2.59. The molecule has 0 fully saturated rings. The molecule has 0 bridgehead atoms. The van der Waals surface area contributed by atoms with Crippen LogP contribution in [0.25, 0.3) is 0 Å². The maximum absolute atomic E-state index is 11.9. The average molecular weight is 342 g/mol. The standard InChI is InChI=1S/C20H22O5/c1-15(2)14-19(21)25-18-10-8-16(9-11-18)20(22)24-13-12-23-17-6-4-3-5-7-17/h3-11,15H,12-14H2,1-2H3. The summed E-state index contributed by atoms with van der Waals surface area (Å²) in [5.74, 6) is 0.640. The highest BCUT2D eigenvalue weighted by Gasteiger charge is 2.10. The Kier molecular flexibility index (Phi) is 7.01. The third-order valence-corrected chi connectivity index (χ3v) is 3.23. The first kappa shape index (κ1) is 18.5. The fourth-order valence-electron chi connectivity index (χ4n) is 2.06. The van der Waals surface area contributed by atoms with Crippen molar-refractivity contribution < 1.29 is 23.8 Å². The van der Waals surface area contributed by atoms with E-state index in [2.05, 4.69) is 0 Å². The molecule has 0 aliphatic rings. The summed E-state index contributed by atoms with van der Waals surface area (Å²) in [7, 11) is 0. The van der Waals surface area contributed by atoms with Gasteiger partial charge in [0, 0.05) is 6.42 Å². The molecule has 0 atom stereocenters. The Bertz CT molecular complexity index is 677. The summed E-state index contributed by atoms with van der Waals surface area (Å²) in [6.07, 6.45) is 0.352. The molecule has 2 rings (SSSR count). The SMILES string of the molecule is CC(C)CC(=O)Oc1ccc(C(=O)OCCOc2ccccc2)cc1. The predicted octanol–water partition coefficient (Wildman–Crippen LogP) is 3.87. The van der Waals surface area contributed by atoms with Crippen molar-refractivity contribution in [1.82, 2.24) is 0 Å². The Balaban J connectivity index is 1.75. The zero-order valence-electron chi connectivity index (χ0n) is 14.4. The van der Waals surface area contributed by atoms with E-state index in [9.17, 15) is 9.59 Å². The summed E-state index contributed by atoms with van der Waals surface area (Å²) >= 11 is 0. The van der Waals surface area contributed by atoms with Gasteiger partial charge in [-0.25, -0.2) is 4.79 Å². The van der Waals surface area contributed by atoms with Gasteiger partial charge in [0.1, 0.15) is 24.7 Å². The lowest BCUT2D eigenvalue weighted by atomic mass is 10.1. The lowest BCUT2D eigenvalue weighted by Crippen LogP contribution is -2.13. The molecule has 25 heavy (non-hydrogen) atoms. The molecule has 0 heterocycles. The number of hydrogen-bond donors (Lipinski definition) is 0. The molecule has 2 aromatic rings. The quantitative estimate of drug-likeness (QED) is 0.414. The smallest absolute Gasteiger partial charge is 0.338 e. The van der Waals surface area contributed by atoms with Crippen LogP contribution in [0, 0.1) is 5.92 Å². The van der Waals surface area contributed by atoms with E-state index < -0.39 is 5.97 Å². The summed E-state index contributed by atoms with van der Waals surface area (Å²) in [6, 6.07) is 15.6. The van der Waals surface area contributed by atoms with Crippen LogP contribution in [0.15, 0.2) is 54.6 Å². The van der Waals surface area contributed by atoms with Crippen LogP contribution in [0.4, 0.5) is 0 Å². The number of carbonyl (C=O) groups is 2. The first-order chi connectivity index (χ1) is 12.0. The third kappa shape index (κ3) is 6.67.